The van der Waals surface area contributed by atoms with Crippen LogP contribution in [0.3, 0.4) is 0 Å². The van der Waals surface area contributed by atoms with E-state index in [0.717, 1.165) is 54.4 Å². The lowest BCUT2D eigenvalue weighted by molar-refractivity contribution is -0.120. The number of benzene rings is 1. The lowest BCUT2D eigenvalue weighted by Gasteiger charge is -2.43. The molecule has 11 nitrogen and oxygen atoms in total. The van der Waals surface area contributed by atoms with Gasteiger partial charge < -0.3 is 30.1 Å². The monoisotopic (exact) mass is 710 g/mol. The standard InChI is InChI=1S/C41H58N8O3/c1-5-32-38(51)46(4)33-24-42-39(45-36(33)49(32)28-8-6-7-9-28)43-31-13-12-29(30-22-40(2,3)52-35(30)31)37(50)44-34-23-41(34)16-14-27(15-17-41)48-20-18-47(19-21-48)25-26-10-11-26/h12-13,24,26-28,32,34H,5-11,14-23,25H2,1-4H3,(H,44,50)(H,42,43,45)/t27?,32-,34-,41?/m1/s1. The van der Waals surface area contributed by atoms with Crippen LogP contribution in [0, 0.1) is 11.3 Å². The molecular weight excluding hydrogens is 653 g/mol. The first-order chi connectivity index (χ1) is 25.1. The molecule has 280 valence electrons. The molecule has 0 radical (unpaired) electrons. The fourth-order valence-electron chi connectivity index (χ4n) is 10.4. The average molecular weight is 711 g/mol. The zero-order valence-corrected chi connectivity index (χ0v) is 31.8. The number of fused-ring (bicyclic) bond motifs is 2. The van der Waals surface area contributed by atoms with Crippen LogP contribution in [-0.2, 0) is 11.2 Å². The SMILES string of the molecule is CC[C@@H]1C(=O)N(C)c2cnc(Nc3ccc(C(=O)N[C@@H]4CC45CCC(N4CCN(CC6CC6)CC4)CC5)c4c3OC(C)(C)C4)nc2N1C1CCCC1. The Bertz CT molecular complexity index is 1700. The van der Waals surface area contributed by atoms with Crippen molar-refractivity contribution in [1.82, 2.24) is 25.1 Å². The van der Waals surface area contributed by atoms with E-state index in [9.17, 15) is 9.59 Å². The van der Waals surface area contributed by atoms with Crippen LogP contribution < -0.4 is 25.2 Å². The predicted octanol–water partition coefficient (Wildman–Crippen LogP) is 5.90. The van der Waals surface area contributed by atoms with Crippen molar-refractivity contribution >= 4 is 35.0 Å². The molecular formula is C41H58N8O3. The third-order valence-corrected chi connectivity index (χ3v) is 13.7. The van der Waals surface area contributed by atoms with Crippen LogP contribution in [0.15, 0.2) is 18.3 Å². The van der Waals surface area contributed by atoms with Gasteiger partial charge in [-0.25, -0.2) is 4.98 Å². The Labute approximate surface area is 309 Å². The van der Waals surface area contributed by atoms with Crippen molar-refractivity contribution in [3.63, 3.8) is 0 Å². The molecule has 1 spiro atoms. The highest BCUT2D eigenvalue weighted by Crippen LogP contribution is 2.57. The average Bonchev–Trinajstić information content (AvgIpc) is 3.95. The van der Waals surface area contributed by atoms with E-state index in [0.29, 0.717) is 35.8 Å². The quantitative estimate of drug-likeness (QED) is 0.329. The van der Waals surface area contributed by atoms with Gasteiger partial charge in [-0.1, -0.05) is 19.8 Å². The lowest BCUT2D eigenvalue weighted by atomic mass is 9.82. The van der Waals surface area contributed by atoms with Gasteiger partial charge in [0.25, 0.3) is 5.91 Å². The second kappa shape index (κ2) is 13.1. The Morgan fingerprint density at radius 2 is 1.75 bits per heavy atom. The fraction of sp³-hybridized carbons (Fsp3) is 0.707. The normalized spacial score (nSPS) is 30.3. The van der Waals surface area contributed by atoms with Crippen LogP contribution >= 0.6 is 0 Å². The van der Waals surface area contributed by atoms with Crippen molar-refractivity contribution < 1.29 is 14.3 Å². The number of carbonyl (C=O) groups excluding carboxylic acids is 2. The van der Waals surface area contributed by atoms with E-state index in [1.165, 1.54) is 84.1 Å². The van der Waals surface area contributed by atoms with Gasteiger partial charge in [-0.05, 0) is 102 Å². The first-order valence-electron chi connectivity index (χ1n) is 20.4. The Kier molecular flexibility index (Phi) is 8.68. The molecule has 2 atom stereocenters. The van der Waals surface area contributed by atoms with Crippen molar-refractivity contribution in [1.29, 1.82) is 0 Å². The minimum absolute atomic E-state index is 0.00966. The minimum atomic E-state index is -0.439. The molecule has 7 aliphatic rings. The molecule has 0 bridgehead atoms. The summed E-state index contributed by atoms with van der Waals surface area (Å²) in [6, 6.07) is 4.91. The van der Waals surface area contributed by atoms with Crippen molar-refractivity contribution in [2.75, 3.05) is 54.9 Å². The second-order valence-electron chi connectivity index (χ2n) is 17.8. The van der Waals surface area contributed by atoms with E-state index in [1.807, 2.05) is 19.2 Å². The summed E-state index contributed by atoms with van der Waals surface area (Å²) in [6.07, 6.45) is 16.5. The van der Waals surface area contributed by atoms with Crippen molar-refractivity contribution in [2.45, 2.75) is 134 Å². The number of likely N-dealkylation sites (N-methyl/N-ethyl adjacent to an activating group) is 1. The molecule has 0 unspecified atom stereocenters. The summed E-state index contributed by atoms with van der Waals surface area (Å²) < 4.78 is 6.53. The number of amides is 2. The molecule has 52 heavy (non-hydrogen) atoms. The van der Waals surface area contributed by atoms with Gasteiger partial charge in [-0.2, -0.15) is 4.98 Å². The molecule has 4 heterocycles. The molecule has 2 amide bonds. The van der Waals surface area contributed by atoms with Crippen molar-refractivity contribution in [2.24, 2.45) is 11.3 Å². The maximum Gasteiger partial charge on any atom is 0.251 e. The number of nitrogens with one attached hydrogen (secondary N) is 2. The molecule has 2 N–H and O–H groups in total. The van der Waals surface area contributed by atoms with Crippen molar-refractivity contribution in [3.8, 4) is 5.75 Å². The molecule has 11 heteroatoms. The van der Waals surface area contributed by atoms with Crippen LogP contribution in [0.4, 0.5) is 23.1 Å². The highest BCUT2D eigenvalue weighted by molar-refractivity contribution is 6.04. The summed E-state index contributed by atoms with van der Waals surface area (Å²) >= 11 is 0. The smallest absolute Gasteiger partial charge is 0.251 e. The zero-order chi connectivity index (χ0) is 35.8. The van der Waals surface area contributed by atoms with Crippen molar-refractivity contribution in [3.05, 3.63) is 29.5 Å². The lowest BCUT2D eigenvalue weighted by Crippen LogP contribution is -2.55. The summed E-state index contributed by atoms with van der Waals surface area (Å²) in [6.45, 7) is 12.4. The first-order valence-corrected chi connectivity index (χ1v) is 20.4. The van der Waals surface area contributed by atoms with E-state index in [4.69, 9.17) is 9.72 Å². The Balaban J connectivity index is 0.877. The number of hydrogen-bond acceptors (Lipinski definition) is 9. The number of anilines is 4. The van der Waals surface area contributed by atoms with Gasteiger partial charge in [0.15, 0.2) is 5.82 Å². The van der Waals surface area contributed by atoms with E-state index in [1.54, 1.807) is 11.1 Å². The van der Waals surface area contributed by atoms with E-state index >= 15 is 0 Å². The van der Waals surface area contributed by atoms with Gasteiger partial charge in [-0.3, -0.25) is 14.5 Å². The van der Waals surface area contributed by atoms with Gasteiger partial charge in [0.05, 0.1) is 11.9 Å². The maximum atomic E-state index is 14.0. The highest BCUT2D eigenvalue weighted by Gasteiger charge is 2.56. The number of ether oxygens (including phenoxy) is 1. The molecule has 3 aliphatic heterocycles. The van der Waals surface area contributed by atoms with Crippen LogP contribution in [-0.4, -0.2) is 101 Å². The van der Waals surface area contributed by atoms with E-state index in [-0.39, 0.29) is 29.3 Å². The maximum absolute atomic E-state index is 14.0. The van der Waals surface area contributed by atoms with Gasteiger partial charge in [-0.15, -0.1) is 0 Å². The molecule has 1 saturated heterocycles. The first kappa shape index (κ1) is 34.3. The van der Waals surface area contributed by atoms with Gasteiger partial charge in [0.1, 0.15) is 23.1 Å². The van der Waals surface area contributed by atoms with Crippen LogP contribution in [0.2, 0.25) is 0 Å². The largest absolute Gasteiger partial charge is 0.485 e. The molecule has 4 aliphatic carbocycles. The fourth-order valence-corrected chi connectivity index (χ4v) is 10.4. The highest BCUT2D eigenvalue weighted by atomic mass is 16.5. The van der Waals surface area contributed by atoms with E-state index in [2.05, 4.69) is 51.1 Å². The molecule has 1 aromatic heterocycles. The topological polar surface area (TPSA) is 106 Å². The number of carbonyl (C=O) groups is 2. The van der Waals surface area contributed by atoms with E-state index < -0.39 is 5.60 Å². The molecule has 2 aromatic rings. The summed E-state index contributed by atoms with van der Waals surface area (Å²) in [7, 11) is 1.83. The Morgan fingerprint density at radius 1 is 1.00 bits per heavy atom. The Hall–Kier alpha value is -3.44. The number of rotatable bonds is 9. The molecule has 1 aromatic carbocycles. The zero-order valence-electron chi connectivity index (χ0n) is 31.8. The number of nitrogens with zero attached hydrogens (tertiary/aromatic N) is 6. The second-order valence-corrected chi connectivity index (χ2v) is 17.8. The molecule has 9 rings (SSSR count). The van der Waals surface area contributed by atoms with Gasteiger partial charge in [0, 0.05) is 75.4 Å². The number of piperazine rings is 1. The molecule has 4 saturated carbocycles. The van der Waals surface area contributed by atoms with Crippen LogP contribution in [0.5, 0.6) is 5.75 Å². The predicted molar refractivity (Wildman–Crippen MR) is 204 cm³/mol. The third-order valence-electron chi connectivity index (χ3n) is 13.7. The molecule has 5 fully saturated rings. The summed E-state index contributed by atoms with van der Waals surface area (Å²) in [5.41, 5.74) is 2.97. The van der Waals surface area contributed by atoms with Gasteiger partial charge in [0.2, 0.25) is 11.9 Å². The minimum Gasteiger partial charge on any atom is -0.485 e. The van der Waals surface area contributed by atoms with Crippen LogP contribution in [0.25, 0.3) is 0 Å². The third kappa shape index (κ3) is 6.33. The summed E-state index contributed by atoms with van der Waals surface area (Å²) in [5.74, 6) is 3.06. The number of hydrogen-bond donors (Lipinski definition) is 2. The Morgan fingerprint density at radius 3 is 2.46 bits per heavy atom. The van der Waals surface area contributed by atoms with Crippen LogP contribution in [0.1, 0.15) is 114 Å². The summed E-state index contributed by atoms with van der Waals surface area (Å²) in [5, 5.41) is 6.92. The summed E-state index contributed by atoms with van der Waals surface area (Å²) in [4.78, 5) is 46.5. The number of aromatic nitrogens is 2. The van der Waals surface area contributed by atoms with Gasteiger partial charge >= 0.3 is 0 Å².